The molecular formula is C13H20N2O3. The minimum Gasteiger partial charge on any atom is -0.468 e. The van der Waals surface area contributed by atoms with E-state index >= 15 is 0 Å². The normalized spacial score (nSPS) is 26.4. The zero-order valence-corrected chi connectivity index (χ0v) is 10.9. The Hall–Kier alpha value is -1.33. The van der Waals surface area contributed by atoms with E-state index in [-0.39, 0.29) is 18.6 Å². The van der Waals surface area contributed by atoms with Gasteiger partial charge in [0.25, 0.3) is 0 Å². The van der Waals surface area contributed by atoms with Crippen molar-refractivity contribution >= 4 is 5.91 Å². The molecule has 2 heterocycles. The molecule has 18 heavy (non-hydrogen) atoms. The lowest BCUT2D eigenvalue weighted by atomic mass is 10.1. The summed E-state index contributed by atoms with van der Waals surface area (Å²) in [6.45, 7) is 3.20. The summed E-state index contributed by atoms with van der Waals surface area (Å²) < 4.78 is 5.33. The van der Waals surface area contributed by atoms with Crippen LogP contribution in [0.5, 0.6) is 0 Å². The first-order valence-electron chi connectivity index (χ1n) is 6.27. The number of amides is 1. The molecule has 2 atom stereocenters. The van der Waals surface area contributed by atoms with Crippen molar-refractivity contribution in [1.29, 1.82) is 0 Å². The molecule has 0 aliphatic carbocycles. The van der Waals surface area contributed by atoms with E-state index in [1.54, 1.807) is 18.2 Å². The molecule has 1 N–H and O–H groups in total. The van der Waals surface area contributed by atoms with Crippen LogP contribution in [0.1, 0.15) is 19.1 Å². The zero-order chi connectivity index (χ0) is 13.1. The van der Waals surface area contributed by atoms with Crippen LogP contribution < -0.4 is 0 Å². The van der Waals surface area contributed by atoms with Crippen LogP contribution in [-0.4, -0.2) is 53.1 Å². The molecule has 1 saturated heterocycles. The van der Waals surface area contributed by atoms with Gasteiger partial charge in [-0.05, 0) is 25.5 Å². The average molecular weight is 252 g/mol. The van der Waals surface area contributed by atoms with Crippen LogP contribution in [0.25, 0.3) is 0 Å². The van der Waals surface area contributed by atoms with Crippen molar-refractivity contribution in [2.75, 3.05) is 20.2 Å². The highest BCUT2D eigenvalue weighted by Crippen LogP contribution is 2.19. The number of likely N-dealkylation sites (N-methyl/N-ethyl adjacent to an activating group) is 1. The van der Waals surface area contributed by atoms with Gasteiger partial charge in [0.15, 0.2) is 0 Å². The Bertz CT molecular complexity index is 391. The molecule has 100 valence electrons. The standard InChI is InChI=1S/C13H20N2O3/c1-10-5-6-14(2)13(17)12(9-16)15(10)8-11-4-3-7-18-11/h3-4,7,10,12,16H,5-6,8-9H2,1-2H3. The Morgan fingerprint density at radius 1 is 1.56 bits per heavy atom. The van der Waals surface area contributed by atoms with Crippen molar-refractivity contribution in [3.8, 4) is 0 Å². The summed E-state index contributed by atoms with van der Waals surface area (Å²) in [5.74, 6) is 0.797. The molecule has 0 spiro atoms. The molecule has 1 aliphatic rings. The third-order valence-corrected chi connectivity index (χ3v) is 3.60. The van der Waals surface area contributed by atoms with Gasteiger partial charge in [-0.1, -0.05) is 0 Å². The van der Waals surface area contributed by atoms with E-state index in [0.29, 0.717) is 6.54 Å². The largest absolute Gasteiger partial charge is 0.468 e. The summed E-state index contributed by atoms with van der Waals surface area (Å²) in [7, 11) is 1.79. The summed E-state index contributed by atoms with van der Waals surface area (Å²) in [4.78, 5) is 15.9. The first-order valence-corrected chi connectivity index (χ1v) is 6.27. The number of aliphatic hydroxyl groups excluding tert-OH is 1. The molecular weight excluding hydrogens is 232 g/mol. The number of rotatable bonds is 3. The van der Waals surface area contributed by atoms with Gasteiger partial charge < -0.3 is 14.4 Å². The quantitative estimate of drug-likeness (QED) is 0.860. The second kappa shape index (κ2) is 5.54. The van der Waals surface area contributed by atoms with Crippen LogP contribution in [-0.2, 0) is 11.3 Å². The second-order valence-corrected chi connectivity index (χ2v) is 4.85. The highest BCUT2D eigenvalue weighted by molar-refractivity contribution is 5.82. The van der Waals surface area contributed by atoms with Crippen LogP contribution in [0, 0.1) is 0 Å². The Kier molecular flexibility index (Phi) is 4.04. The Balaban J connectivity index is 2.19. The number of carbonyl (C=O) groups excluding carboxylic acids is 1. The predicted octanol–water partition coefficient (Wildman–Crippen LogP) is 0.693. The Labute approximate surface area is 107 Å². The molecule has 2 unspecified atom stereocenters. The van der Waals surface area contributed by atoms with Gasteiger partial charge in [-0.25, -0.2) is 0 Å². The van der Waals surface area contributed by atoms with Crippen molar-refractivity contribution in [1.82, 2.24) is 9.80 Å². The molecule has 0 bridgehead atoms. The molecule has 2 rings (SSSR count). The van der Waals surface area contributed by atoms with Gasteiger partial charge in [-0.3, -0.25) is 9.69 Å². The average Bonchev–Trinajstić information content (AvgIpc) is 2.84. The summed E-state index contributed by atoms with van der Waals surface area (Å²) >= 11 is 0. The fourth-order valence-corrected chi connectivity index (χ4v) is 2.39. The zero-order valence-electron chi connectivity index (χ0n) is 10.9. The first kappa shape index (κ1) is 13.1. The van der Waals surface area contributed by atoms with E-state index in [2.05, 4.69) is 6.92 Å². The van der Waals surface area contributed by atoms with E-state index < -0.39 is 6.04 Å². The predicted molar refractivity (Wildman–Crippen MR) is 66.8 cm³/mol. The number of aliphatic hydroxyl groups is 1. The van der Waals surface area contributed by atoms with Gasteiger partial charge in [0, 0.05) is 19.6 Å². The summed E-state index contributed by atoms with van der Waals surface area (Å²) in [5.41, 5.74) is 0. The van der Waals surface area contributed by atoms with Gasteiger partial charge in [-0.2, -0.15) is 0 Å². The molecule has 0 radical (unpaired) electrons. The van der Waals surface area contributed by atoms with Crippen LogP contribution in [0.3, 0.4) is 0 Å². The van der Waals surface area contributed by atoms with Gasteiger partial charge in [0.05, 0.1) is 19.4 Å². The highest BCUT2D eigenvalue weighted by atomic mass is 16.3. The number of nitrogens with zero attached hydrogens (tertiary/aromatic N) is 2. The maximum Gasteiger partial charge on any atom is 0.242 e. The van der Waals surface area contributed by atoms with E-state index in [9.17, 15) is 9.90 Å². The maximum atomic E-state index is 12.2. The van der Waals surface area contributed by atoms with Crippen LogP contribution in [0.2, 0.25) is 0 Å². The molecule has 1 fully saturated rings. The minimum atomic E-state index is -0.474. The van der Waals surface area contributed by atoms with Crippen LogP contribution in [0.15, 0.2) is 22.8 Å². The maximum absolute atomic E-state index is 12.2. The minimum absolute atomic E-state index is 0.0200. The van der Waals surface area contributed by atoms with Crippen molar-refractivity contribution < 1.29 is 14.3 Å². The van der Waals surface area contributed by atoms with Gasteiger partial charge in [0.2, 0.25) is 5.91 Å². The SMILES string of the molecule is CC1CCN(C)C(=O)C(CO)N1Cc1ccco1. The van der Waals surface area contributed by atoms with Crippen molar-refractivity contribution in [3.63, 3.8) is 0 Å². The molecule has 0 aromatic carbocycles. The summed E-state index contributed by atoms with van der Waals surface area (Å²) in [6, 6.07) is 3.48. The third kappa shape index (κ3) is 2.57. The van der Waals surface area contributed by atoms with Crippen molar-refractivity contribution in [2.45, 2.75) is 32.0 Å². The smallest absolute Gasteiger partial charge is 0.242 e. The second-order valence-electron chi connectivity index (χ2n) is 4.85. The molecule has 5 nitrogen and oxygen atoms in total. The molecule has 0 saturated carbocycles. The lowest BCUT2D eigenvalue weighted by molar-refractivity contribution is -0.136. The number of hydrogen-bond donors (Lipinski definition) is 1. The molecule has 5 heteroatoms. The summed E-state index contributed by atoms with van der Waals surface area (Å²) in [6.07, 6.45) is 2.53. The highest BCUT2D eigenvalue weighted by Gasteiger charge is 2.34. The van der Waals surface area contributed by atoms with E-state index in [0.717, 1.165) is 18.7 Å². The Morgan fingerprint density at radius 3 is 2.94 bits per heavy atom. The molecule has 1 aliphatic heterocycles. The van der Waals surface area contributed by atoms with Crippen LogP contribution in [0.4, 0.5) is 0 Å². The number of furan rings is 1. The van der Waals surface area contributed by atoms with Crippen LogP contribution >= 0.6 is 0 Å². The molecule has 1 aromatic heterocycles. The van der Waals surface area contributed by atoms with E-state index in [4.69, 9.17) is 4.42 Å². The first-order chi connectivity index (χ1) is 8.63. The van der Waals surface area contributed by atoms with Crippen molar-refractivity contribution in [2.24, 2.45) is 0 Å². The third-order valence-electron chi connectivity index (χ3n) is 3.60. The van der Waals surface area contributed by atoms with E-state index in [1.165, 1.54) is 0 Å². The van der Waals surface area contributed by atoms with Gasteiger partial charge >= 0.3 is 0 Å². The Morgan fingerprint density at radius 2 is 2.33 bits per heavy atom. The van der Waals surface area contributed by atoms with E-state index in [1.807, 2.05) is 17.0 Å². The molecule has 1 aromatic rings. The fraction of sp³-hybridized carbons (Fsp3) is 0.615. The van der Waals surface area contributed by atoms with Gasteiger partial charge in [0.1, 0.15) is 11.8 Å². The van der Waals surface area contributed by atoms with Gasteiger partial charge in [-0.15, -0.1) is 0 Å². The summed E-state index contributed by atoms with van der Waals surface area (Å²) in [5, 5.41) is 9.50. The lowest BCUT2D eigenvalue weighted by Gasteiger charge is -2.31. The molecule has 1 amide bonds. The lowest BCUT2D eigenvalue weighted by Crippen LogP contribution is -2.49. The number of hydrogen-bond acceptors (Lipinski definition) is 4. The van der Waals surface area contributed by atoms with Crippen molar-refractivity contribution in [3.05, 3.63) is 24.2 Å². The monoisotopic (exact) mass is 252 g/mol. The number of carbonyl (C=O) groups is 1. The topological polar surface area (TPSA) is 56.9 Å². The fourth-order valence-electron chi connectivity index (χ4n) is 2.39.